The van der Waals surface area contributed by atoms with E-state index in [-0.39, 0.29) is 35.1 Å². The van der Waals surface area contributed by atoms with Crippen molar-refractivity contribution in [2.75, 3.05) is 7.05 Å². The van der Waals surface area contributed by atoms with Gasteiger partial charge in [0.2, 0.25) is 11.8 Å². The first-order chi connectivity index (χ1) is 14.9. The Labute approximate surface area is 192 Å². The number of carbonyl (C=O) groups excluding carboxylic acids is 2. The molecule has 7 atom stereocenters. The van der Waals surface area contributed by atoms with Crippen molar-refractivity contribution in [3.05, 3.63) is 12.2 Å². The highest BCUT2D eigenvalue weighted by molar-refractivity contribution is 5.89. The molecular weight excluding hydrogens is 404 g/mol. The van der Waals surface area contributed by atoms with Crippen LogP contribution in [-0.4, -0.2) is 46.9 Å². The van der Waals surface area contributed by atoms with Gasteiger partial charge in [-0.25, -0.2) is 0 Å². The Morgan fingerprint density at radius 2 is 1.88 bits per heavy atom. The summed E-state index contributed by atoms with van der Waals surface area (Å²) in [4.78, 5) is 38.3. The number of nitrogens with one attached hydrogen (secondary N) is 1. The molecule has 0 spiro atoms. The second-order valence-corrected chi connectivity index (χ2v) is 12.0. The molecular formula is C26H40N2O4. The molecule has 6 nitrogen and oxygen atoms in total. The van der Waals surface area contributed by atoms with Crippen molar-refractivity contribution in [1.82, 2.24) is 10.2 Å². The fourth-order valence-electron chi connectivity index (χ4n) is 7.78. The topological polar surface area (TPSA) is 86.7 Å². The van der Waals surface area contributed by atoms with E-state index in [0.29, 0.717) is 30.2 Å². The Hall–Kier alpha value is -1.85. The Bertz CT molecular complexity index is 836. The zero-order valence-electron chi connectivity index (χ0n) is 20.3. The lowest BCUT2D eigenvalue weighted by atomic mass is 9.48. The first-order valence-electron chi connectivity index (χ1n) is 12.4. The molecule has 0 aromatic carbocycles. The number of aliphatic carboxylic acids is 1. The SMILES string of the molecule is CN1C(=O)C=C[C@@]2(C)C1CC[C@@H]1[C@H]2CC[C@]2(C)C(NC(=O)CCC(C)(C)C(=O)O)CC[C@@H]12. The summed E-state index contributed by atoms with van der Waals surface area (Å²) in [5.74, 6) is 1.06. The number of hydrogen-bond acceptors (Lipinski definition) is 3. The molecule has 3 saturated carbocycles. The number of hydrogen-bond donors (Lipinski definition) is 2. The standard InChI is InChI=1S/C26H40N2O4/c1-24(2,23(31)32)13-11-21(29)27-19-8-7-17-16-6-9-20-26(4,15-12-22(30)28(20)5)18(16)10-14-25(17,19)3/h12,15-20H,6-11,13-14H2,1-5H3,(H,27,29)(H,31,32)/t16-,17-,18+,19?,20?,25-,26+/m0/s1. The normalized spacial score (nSPS) is 41.0. The van der Waals surface area contributed by atoms with Crippen LogP contribution in [0, 0.1) is 34.0 Å². The van der Waals surface area contributed by atoms with E-state index >= 15 is 0 Å². The summed E-state index contributed by atoms with van der Waals surface area (Å²) in [6, 6.07) is 0.464. The molecule has 1 heterocycles. The minimum absolute atomic E-state index is 0.0145. The van der Waals surface area contributed by atoms with E-state index in [1.165, 1.54) is 0 Å². The molecule has 0 aromatic rings. The predicted molar refractivity (Wildman–Crippen MR) is 123 cm³/mol. The van der Waals surface area contributed by atoms with Crippen molar-refractivity contribution < 1.29 is 19.5 Å². The largest absolute Gasteiger partial charge is 0.481 e. The Kier molecular flexibility index (Phi) is 5.74. The van der Waals surface area contributed by atoms with Crippen molar-refractivity contribution in [1.29, 1.82) is 0 Å². The monoisotopic (exact) mass is 444 g/mol. The number of nitrogens with zero attached hydrogens (tertiary/aromatic N) is 1. The van der Waals surface area contributed by atoms with Crippen LogP contribution in [0.4, 0.5) is 0 Å². The van der Waals surface area contributed by atoms with Crippen LogP contribution < -0.4 is 5.32 Å². The van der Waals surface area contributed by atoms with Crippen molar-refractivity contribution in [2.45, 2.75) is 91.1 Å². The van der Waals surface area contributed by atoms with Crippen LogP contribution in [0.3, 0.4) is 0 Å². The van der Waals surface area contributed by atoms with Crippen LogP contribution in [-0.2, 0) is 14.4 Å². The highest BCUT2D eigenvalue weighted by Crippen LogP contribution is 2.63. The van der Waals surface area contributed by atoms with Crippen LogP contribution >= 0.6 is 0 Å². The van der Waals surface area contributed by atoms with Gasteiger partial charge in [0.1, 0.15) is 0 Å². The van der Waals surface area contributed by atoms with Crippen LogP contribution in [0.15, 0.2) is 12.2 Å². The summed E-state index contributed by atoms with van der Waals surface area (Å²) in [7, 11) is 1.95. The average molecular weight is 445 g/mol. The molecule has 2 N–H and O–H groups in total. The smallest absolute Gasteiger partial charge is 0.309 e. The van der Waals surface area contributed by atoms with Gasteiger partial charge in [-0.2, -0.15) is 0 Å². The molecule has 0 bridgehead atoms. The maximum atomic E-state index is 12.7. The van der Waals surface area contributed by atoms with Gasteiger partial charge < -0.3 is 15.3 Å². The summed E-state index contributed by atoms with van der Waals surface area (Å²) >= 11 is 0. The van der Waals surface area contributed by atoms with Gasteiger partial charge in [0.05, 0.1) is 5.41 Å². The van der Waals surface area contributed by atoms with Crippen molar-refractivity contribution >= 4 is 17.8 Å². The lowest BCUT2D eigenvalue weighted by molar-refractivity contribution is -0.147. The number of carbonyl (C=O) groups is 3. The van der Waals surface area contributed by atoms with Crippen molar-refractivity contribution in [3.8, 4) is 0 Å². The van der Waals surface area contributed by atoms with Gasteiger partial charge >= 0.3 is 5.97 Å². The zero-order chi connectivity index (χ0) is 23.5. The molecule has 3 fully saturated rings. The van der Waals surface area contributed by atoms with Gasteiger partial charge in [-0.05, 0) is 88.0 Å². The van der Waals surface area contributed by atoms with Crippen LogP contribution in [0.25, 0.3) is 0 Å². The van der Waals surface area contributed by atoms with Gasteiger partial charge in [0.25, 0.3) is 0 Å². The fraction of sp³-hybridized carbons (Fsp3) is 0.808. The maximum Gasteiger partial charge on any atom is 0.309 e. The van der Waals surface area contributed by atoms with Crippen LogP contribution in [0.1, 0.15) is 79.1 Å². The highest BCUT2D eigenvalue weighted by atomic mass is 16.4. The Morgan fingerprint density at radius 1 is 1.16 bits per heavy atom. The Balaban J connectivity index is 1.45. The maximum absolute atomic E-state index is 12.7. The van der Waals surface area contributed by atoms with E-state index in [1.54, 1.807) is 19.9 Å². The van der Waals surface area contributed by atoms with Gasteiger partial charge in [-0.3, -0.25) is 14.4 Å². The summed E-state index contributed by atoms with van der Waals surface area (Å²) in [6.45, 7) is 8.08. The molecule has 2 amide bonds. The molecule has 2 unspecified atom stereocenters. The molecule has 4 rings (SSSR count). The van der Waals surface area contributed by atoms with E-state index in [4.69, 9.17) is 0 Å². The third kappa shape index (κ3) is 3.58. The lowest BCUT2D eigenvalue weighted by Crippen LogP contribution is -2.60. The molecule has 3 aliphatic carbocycles. The van der Waals surface area contributed by atoms with Gasteiger partial charge in [0, 0.05) is 31.0 Å². The van der Waals surface area contributed by atoms with Crippen molar-refractivity contribution in [2.24, 2.45) is 34.0 Å². The molecule has 0 aromatic heterocycles. The molecule has 178 valence electrons. The first kappa shape index (κ1) is 23.3. The first-order valence-corrected chi connectivity index (χ1v) is 12.4. The zero-order valence-corrected chi connectivity index (χ0v) is 20.3. The number of carboxylic acids is 1. The molecule has 0 saturated heterocycles. The fourth-order valence-corrected chi connectivity index (χ4v) is 7.78. The van der Waals surface area contributed by atoms with Crippen LogP contribution in [0.5, 0.6) is 0 Å². The lowest BCUT2D eigenvalue weighted by Gasteiger charge is -2.60. The summed E-state index contributed by atoms with van der Waals surface area (Å²) in [5, 5.41) is 12.6. The quantitative estimate of drug-likeness (QED) is 0.671. The minimum Gasteiger partial charge on any atom is -0.481 e. The molecule has 0 radical (unpaired) electrons. The molecule has 1 aliphatic heterocycles. The second-order valence-electron chi connectivity index (χ2n) is 12.0. The minimum atomic E-state index is -0.881. The number of fused-ring (bicyclic) bond motifs is 5. The summed E-state index contributed by atoms with van der Waals surface area (Å²) in [5.41, 5.74) is -0.743. The summed E-state index contributed by atoms with van der Waals surface area (Å²) in [6.07, 6.45) is 11.2. The average Bonchev–Trinajstić information content (AvgIpc) is 3.06. The van der Waals surface area contributed by atoms with E-state index in [0.717, 1.165) is 38.5 Å². The van der Waals surface area contributed by atoms with E-state index in [1.807, 2.05) is 11.9 Å². The molecule has 6 heteroatoms. The number of likely N-dealkylation sites (N-methyl/N-ethyl adjacent to an activating group) is 1. The van der Waals surface area contributed by atoms with Gasteiger partial charge in [0.15, 0.2) is 0 Å². The third-order valence-corrected chi connectivity index (χ3v) is 10.0. The van der Waals surface area contributed by atoms with Gasteiger partial charge in [-0.1, -0.05) is 19.9 Å². The number of amides is 2. The molecule has 32 heavy (non-hydrogen) atoms. The van der Waals surface area contributed by atoms with Crippen molar-refractivity contribution in [3.63, 3.8) is 0 Å². The number of carboxylic acid groups (broad SMARTS) is 1. The summed E-state index contributed by atoms with van der Waals surface area (Å²) < 4.78 is 0. The number of rotatable bonds is 5. The van der Waals surface area contributed by atoms with E-state index < -0.39 is 11.4 Å². The molecule has 4 aliphatic rings. The predicted octanol–water partition coefficient (Wildman–Crippen LogP) is 4.00. The van der Waals surface area contributed by atoms with E-state index in [2.05, 4.69) is 25.2 Å². The highest BCUT2D eigenvalue weighted by Gasteiger charge is 2.60. The van der Waals surface area contributed by atoms with Crippen LogP contribution in [0.2, 0.25) is 0 Å². The third-order valence-electron chi connectivity index (χ3n) is 10.0. The second kappa shape index (κ2) is 7.88. The Morgan fingerprint density at radius 3 is 2.56 bits per heavy atom. The van der Waals surface area contributed by atoms with E-state index in [9.17, 15) is 19.5 Å². The van der Waals surface area contributed by atoms with Gasteiger partial charge in [-0.15, -0.1) is 0 Å².